The zero-order valence-corrected chi connectivity index (χ0v) is 8.95. The van der Waals surface area contributed by atoms with Crippen molar-refractivity contribution in [3.05, 3.63) is 30.3 Å². The van der Waals surface area contributed by atoms with Crippen molar-refractivity contribution >= 4 is 31.5 Å². The zero-order chi connectivity index (χ0) is 11.3. The lowest BCUT2D eigenvalue weighted by atomic mass is 10.1. The molecule has 4 heteroatoms. The Bertz CT molecular complexity index is 700. The van der Waals surface area contributed by atoms with Gasteiger partial charge in [-0.1, -0.05) is 6.07 Å². The smallest absolute Gasteiger partial charge is 0.133 e. The maximum absolute atomic E-state index is 9.79. The predicted octanol–water partition coefficient (Wildman–Crippen LogP) is 3.17. The first-order valence-corrected chi connectivity index (χ1v) is 5.55. The molecule has 80 valence electrons. The molecule has 0 aliphatic rings. The standard InChI is InChI=1S/C12H8O3S/c13-6-2-1-3-9-10(6)11-7(14)4-5-8(15)12(11)16-9/h1-5,13-15H. The van der Waals surface area contributed by atoms with Crippen LogP contribution in [0.3, 0.4) is 0 Å². The summed E-state index contributed by atoms with van der Waals surface area (Å²) >= 11 is 1.35. The fourth-order valence-electron chi connectivity index (χ4n) is 1.87. The minimum absolute atomic E-state index is 0.0700. The first kappa shape index (κ1) is 9.30. The Labute approximate surface area is 94.8 Å². The minimum atomic E-state index is 0.0700. The molecule has 1 heterocycles. The maximum Gasteiger partial charge on any atom is 0.133 e. The molecule has 0 amide bonds. The molecule has 0 aliphatic carbocycles. The van der Waals surface area contributed by atoms with E-state index in [9.17, 15) is 15.3 Å². The molecule has 0 atom stereocenters. The van der Waals surface area contributed by atoms with Gasteiger partial charge in [-0.3, -0.25) is 0 Å². The van der Waals surface area contributed by atoms with Gasteiger partial charge in [0, 0.05) is 15.5 Å². The van der Waals surface area contributed by atoms with Crippen LogP contribution < -0.4 is 0 Å². The number of hydrogen-bond donors (Lipinski definition) is 3. The Morgan fingerprint density at radius 3 is 2.25 bits per heavy atom. The van der Waals surface area contributed by atoms with Gasteiger partial charge in [0.05, 0.1) is 4.70 Å². The largest absolute Gasteiger partial charge is 0.507 e. The van der Waals surface area contributed by atoms with E-state index in [1.54, 1.807) is 12.1 Å². The van der Waals surface area contributed by atoms with Crippen molar-refractivity contribution in [1.82, 2.24) is 0 Å². The number of phenolic OH excluding ortho intramolecular Hbond substituents is 3. The van der Waals surface area contributed by atoms with E-state index in [2.05, 4.69) is 0 Å². The molecule has 0 unspecified atom stereocenters. The van der Waals surface area contributed by atoms with Crippen molar-refractivity contribution < 1.29 is 15.3 Å². The zero-order valence-electron chi connectivity index (χ0n) is 8.14. The monoisotopic (exact) mass is 232 g/mol. The summed E-state index contributed by atoms with van der Waals surface area (Å²) in [6.07, 6.45) is 0. The van der Waals surface area contributed by atoms with E-state index in [0.717, 1.165) is 4.70 Å². The number of phenols is 3. The molecule has 3 rings (SSSR count). The Morgan fingerprint density at radius 2 is 1.44 bits per heavy atom. The summed E-state index contributed by atoms with van der Waals surface area (Å²) < 4.78 is 1.43. The van der Waals surface area contributed by atoms with E-state index in [0.29, 0.717) is 15.5 Å². The van der Waals surface area contributed by atoms with E-state index < -0.39 is 0 Å². The van der Waals surface area contributed by atoms with Crippen LogP contribution in [0.15, 0.2) is 30.3 Å². The quantitative estimate of drug-likeness (QED) is 0.522. The average molecular weight is 232 g/mol. The lowest BCUT2D eigenvalue weighted by Crippen LogP contribution is -1.71. The SMILES string of the molecule is Oc1ccc(O)c2c1sc1cccc(O)c12. The molecule has 0 aliphatic heterocycles. The third-order valence-electron chi connectivity index (χ3n) is 2.58. The molecule has 3 N–H and O–H groups in total. The highest BCUT2D eigenvalue weighted by Crippen LogP contribution is 2.46. The van der Waals surface area contributed by atoms with Crippen LogP contribution in [0.4, 0.5) is 0 Å². The van der Waals surface area contributed by atoms with Gasteiger partial charge < -0.3 is 15.3 Å². The van der Waals surface area contributed by atoms with Gasteiger partial charge in [0.25, 0.3) is 0 Å². The predicted molar refractivity (Wildman–Crippen MR) is 64.3 cm³/mol. The summed E-state index contributed by atoms with van der Waals surface area (Å²) in [5, 5.41) is 30.4. The highest BCUT2D eigenvalue weighted by atomic mass is 32.1. The molecule has 0 fully saturated rings. The minimum Gasteiger partial charge on any atom is -0.507 e. The van der Waals surface area contributed by atoms with Crippen LogP contribution in [0, 0.1) is 0 Å². The molecule has 1 aromatic heterocycles. The van der Waals surface area contributed by atoms with Crippen molar-refractivity contribution in [2.45, 2.75) is 0 Å². The van der Waals surface area contributed by atoms with E-state index in [4.69, 9.17) is 0 Å². The molecule has 0 spiro atoms. The van der Waals surface area contributed by atoms with Crippen molar-refractivity contribution in [2.75, 3.05) is 0 Å². The van der Waals surface area contributed by atoms with E-state index >= 15 is 0 Å². The van der Waals surface area contributed by atoms with Gasteiger partial charge in [0.15, 0.2) is 0 Å². The molecule has 0 saturated carbocycles. The molecule has 0 saturated heterocycles. The third kappa shape index (κ3) is 1.07. The van der Waals surface area contributed by atoms with Gasteiger partial charge in [0.1, 0.15) is 17.2 Å². The van der Waals surface area contributed by atoms with Gasteiger partial charge >= 0.3 is 0 Å². The van der Waals surface area contributed by atoms with Crippen LogP contribution in [0.25, 0.3) is 20.2 Å². The highest BCUT2D eigenvalue weighted by molar-refractivity contribution is 7.26. The van der Waals surface area contributed by atoms with Crippen LogP contribution in [-0.4, -0.2) is 15.3 Å². The summed E-state index contributed by atoms with van der Waals surface area (Å²) in [4.78, 5) is 0. The molecular weight excluding hydrogens is 224 g/mol. The van der Waals surface area contributed by atoms with Crippen LogP contribution in [-0.2, 0) is 0 Å². The Morgan fingerprint density at radius 1 is 0.750 bits per heavy atom. The molecular formula is C12H8O3S. The van der Waals surface area contributed by atoms with Crippen LogP contribution in [0.5, 0.6) is 17.2 Å². The summed E-state index contributed by atoms with van der Waals surface area (Å²) in [5.74, 6) is 0.304. The Balaban J connectivity index is 2.68. The molecule has 3 nitrogen and oxygen atoms in total. The van der Waals surface area contributed by atoms with Gasteiger partial charge in [-0.25, -0.2) is 0 Å². The van der Waals surface area contributed by atoms with E-state index in [-0.39, 0.29) is 17.2 Å². The Kier molecular flexibility index (Phi) is 1.76. The average Bonchev–Trinajstić information content (AvgIpc) is 2.65. The second-order valence-corrected chi connectivity index (χ2v) is 4.61. The topological polar surface area (TPSA) is 60.7 Å². The molecule has 0 bridgehead atoms. The summed E-state index contributed by atoms with van der Waals surface area (Å²) in [6.45, 7) is 0. The third-order valence-corrected chi connectivity index (χ3v) is 3.76. The summed E-state index contributed by atoms with van der Waals surface area (Å²) in [5.41, 5.74) is 0. The lowest BCUT2D eigenvalue weighted by Gasteiger charge is -1.99. The van der Waals surface area contributed by atoms with Crippen LogP contribution in [0.2, 0.25) is 0 Å². The van der Waals surface area contributed by atoms with E-state index in [1.165, 1.54) is 23.5 Å². The number of rotatable bonds is 0. The highest BCUT2D eigenvalue weighted by Gasteiger charge is 2.14. The molecule has 3 aromatic rings. The normalized spacial score (nSPS) is 11.2. The summed E-state index contributed by atoms with van der Waals surface area (Å²) in [7, 11) is 0. The van der Waals surface area contributed by atoms with Crippen molar-refractivity contribution in [1.29, 1.82) is 0 Å². The van der Waals surface area contributed by atoms with Crippen LogP contribution in [0.1, 0.15) is 0 Å². The Hall–Kier alpha value is -1.94. The van der Waals surface area contributed by atoms with Gasteiger partial charge in [-0.05, 0) is 24.3 Å². The van der Waals surface area contributed by atoms with E-state index in [1.807, 2.05) is 6.07 Å². The fourth-order valence-corrected chi connectivity index (χ4v) is 3.03. The van der Waals surface area contributed by atoms with Gasteiger partial charge in [0.2, 0.25) is 0 Å². The van der Waals surface area contributed by atoms with Crippen molar-refractivity contribution in [3.8, 4) is 17.2 Å². The van der Waals surface area contributed by atoms with Gasteiger partial charge in [-0.15, -0.1) is 11.3 Å². The summed E-state index contributed by atoms with van der Waals surface area (Å²) in [6, 6.07) is 8.03. The van der Waals surface area contributed by atoms with Gasteiger partial charge in [-0.2, -0.15) is 0 Å². The fraction of sp³-hybridized carbons (Fsp3) is 0. The molecule has 16 heavy (non-hydrogen) atoms. The van der Waals surface area contributed by atoms with Crippen molar-refractivity contribution in [2.24, 2.45) is 0 Å². The molecule has 0 radical (unpaired) electrons. The maximum atomic E-state index is 9.79. The number of aromatic hydroxyl groups is 3. The number of hydrogen-bond acceptors (Lipinski definition) is 4. The van der Waals surface area contributed by atoms with Crippen LogP contribution >= 0.6 is 11.3 Å². The van der Waals surface area contributed by atoms with Crippen molar-refractivity contribution in [3.63, 3.8) is 0 Å². The number of benzene rings is 2. The first-order valence-electron chi connectivity index (χ1n) is 4.73. The first-order chi connectivity index (χ1) is 7.68. The number of thiophene rings is 1. The second kappa shape index (κ2) is 3.02. The number of fused-ring (bicyclic) bond motifs is 3. The second-order valence-electron chi connectivity index (χ2n) is 3.56. The lowest BCUT2D eigenvalue weighted by molar-refractivity contribution is 0.469. The molecule has 2 aromatic carbocycles.